The molecule has 0 aliphatic carbocycles. The summed E-state index contributed by atoms with van der Waals surface area (Å²) >= 11 is 0. The lowest BCUT2D eigenvalue weighted by atomic mass is 9.90. The van der Waals surface area contributed by atoms with E-state index in [9.17, 15) is 18.4 Å². The molecule has 2 heterocycles. The van der Waals surface area contributed by atoms with Crippen LogP contribution < -0.4 is 4.74 Å². The highest BCUT2D eigenvalue weighted by molar-refractivity contribution is 5.95. The third-order valence-corrected chi connectivity index (χ3v) is 6.96. The molecule has 194 valence electrons. The van der Waals surface area contributed by atoms with Crippen molar-refractivity contribution >= 4 is 11.8 Å². The van der Waals surface area contributed by atoms with Gasteiger partial charge in [-0.25, -0.2) is 8.78 Å². The number of aryl methyl sites for hydroxylation is 1. The predicted molar refractivity (Wildman–Crippen MR) is 132 cm³/mol. The molecule has 4 rings (SSSR count). The van der Waals surface area contributed by atoms with E-state index in [2.05, 4.69) is 13.0 Å². The lowest BCUT2D eigenvalue weighted by Gasteiger charge is -2.44. The van der Waals surface area contributed by atoms with E-state index in [4.69, 9.17) is 9.47 Å². The van der Waals surface area contributed by atoms with Gasteiger partial charge in [-0.05, 0) is 61.9 Å². The Morgan fingerprint density at radius 3 is 2.75 bits per heavy atom. The molecule has 2 aromatic rings. The first-order valence-electron chi connectivity index (χ1n) is 12.8. The Labute approximate surface area is 211 Å². The fourth-order valence-corrected chi connectivity index (χ4v) is 4.97. The van der Waals surface area contributed by atoms with Crippen LogP contribution in [-0.2, 0) is 16.0 Å². The fourth-order valence-electron chi connectivity index (χ4n) is 4.97. The van der Waals surface area contributed by atoms with Crippen molar-refractivity contribution in [2.24, 2.45) is 0 Å². The summed E-state index contributed by atoms with van der Waals surface area (Å²) in [6, 6.07) is 10.8. The minimum absolute atomic E-state index is 0.000684. The van der Waals surface area contributed by atoms with Crippen molar-refractivity contribution in [1.82, 2.24) is 9.80 Å². The lowest BCUT2D eigenvalue weighted by Crippen LogP contribution is -2.62. The van der Waals surface area contributed by atoms with E-state index < -0.39 is 23.1 Å². The third kappa shape index (κ3) is 5.86. The number of carbonyl (C=O) groups excluding carboxylic acids is 2. The number of amides is 2. The van der Waals surface area contributed by atoms with Crippen LogP contribution in [0.5, 0.6) is 5.75 Å². The molecule has 1 unspecified atom stereocenters. The van der Waals surface area contributed by atoms with Crippen LogP contribution in [0.25, 0.3) is 0 Å². The minimum atomic E-state index is -1.23. The van der Waals surface area contributed by atoms with Gasteiger partial charge in [0.05, 0.1) is 25.3 Å². The van der Waals surface area contributed by atoms with Gasteiger partial charge >= 0.3 is 0 Å². The number of fused-ring (bicyclic) bond motifs is 1. The van der Waals surface area contributed by atoms with Crippen LogP contribution in [0.2, 0.25) is 0 Å². The predicted octanol–water partition coefficient (Wildman–Crippen LogP) is 4.61. The van der Waals surface area contributed by atoms with Gasteiger partial charge in [0.15, 0.2) is 5.60 Å². The van der Waals surface area contributed by atoms with Crippen LogP contribution in [0.15, 0.2) is 42.5 Å². The normalized spacial score (nSPS) is 21.4. The van der Waals surface area contributed by atoms with Crippen LogP contribution in [0, 0.1) is 11.6 Å². The van der Waals surface area contributed by atoms with E-state index in [1.54, 1.807) is 4.90 Å². The summed E-state index contributed by atoms with van der Waals surface area (Å²) in [4.78, 5) is 30.4. The standard InChI is InChI=1S/C28H34F2N2O4/c1-2-3-14-31-15-17-35-25-10-5-4-8-21(25)9-6-7-13-28(27(31)34)20-32(16-18-36-28)26(33)23-19-22(29)11-12-24(23)30/h4-5,8,10-12,19H,2-3,6-7,9,13-18,20H2,1H3. The molecule has 2 amide bonds. The molecule has 8 heteroatoms. The van der Waals surface area contributed by atoms with Crippen molar-refractivity contribution in [2.75, 3.05) is 39.4 Å². The van der Waals surface area contributed by atoms with Gasteiger partial charge < -0.3 is 19.3 Å². The zero-order chi connectivity index (χ0) is 25.5. The first-order chi connectivity index (χ1) is 17.4. The number of unbranched alkanes of at least 4 members (excludes halogenated alkanes) is 1. The number of hydrogen-bond donors (Lipinski definition) is 0. The second kappa shape index (κ2) is 11.8. The SMILES string of the molecule is CCCCN1CCOc2ccccc2CCCCC2(CN(C(=O)c3cc(F)ccc3F)CCO2)C1=O. The highest BCUT2D eigenvalue weighted by Crippen LogP contribution is 2.30. The van der Waals surface area contributed by atoms with Gasteiger partial charge in [0.1, 0.15) is 24.0 Å². The fraction of sp³-hybridized carbons (Fsp3) is 0.500. The Bertz CT molecular complexity index is 1080. The number of ether oxygens (including phenoxy) is 2. The first-order valence-corrected chi connectivity index (χ1v) is 12.8. The number of rotatable bonds is 4. The molecule has 1 saturated heterocycles. The van der Waals surface area contributed by atoms with E-state index >= 15 is 0 Å². The topological polar surface area (TPSA) is 59.1 Å². The molecular formula is C28H34F2N2O4. The molecule has 0 radical (unpaired) electrons. The van der Waals surface area contributed by atoms with Crippen molar-refractivity contribution in [1.29, 1.82) is 0 Å². The molecule has 2 aliphatic heterocycles. The maximum Gasteiger partial charge on any atom is 0.257 e. The number of morpholine rings is 1. The first kappa shape index (κ1) is 26.1. The number of para-hydroxylation sites is 1. The maximum absolute atomic E-state index is 14.4. The zero-order valence-electron chi connectivity index (χ0n) is 20.8. The maximum atomic E-state index is 14.4. The Hall–Kier alpha value is -3.00. The molecule has 0 saturated carbocycles. The third-order valence-electron chi connectivity index (χ3n) is 6.96. The average molecular weight is 501 g/mol. The van der Waals surface area contributed by atoms with Gasteiger partial charge in [0.25, 0.3) is 11.8 Å². The molecule has 36 heavy (non-hydrogen) atoms. The molecular weight excluding hydrogens is 466 g/mol. The highest BCUT2D eigenvalue weighted by Gasteiger charge is 2.47. The molecule has 0 N–H and O–H groups in total. The number of hydrogen-bond acceptors (Lipinski definition) is 4. The van der Waals surface area contributed by atoms with E-state index in [0.29, 0.717) is 32.5 Å². The van der Waals surface area contributed by atoms with Gasteiger partial charge in [0, 0.05) is 13.1 Å². The van der Waals surface area contributed by atoms with E-state index in [1.807, 2.05) is 18.2 Å². The summed E-state index contributed by atoms with van der Waals surface area (Å²) in [5, 5.41) is 0. The molecule has 1 spiro atoms. The van der Waals surface area contributed by atoms with Gasteiger partial charge in [-0.3, -0.25) is 9.59 Å². The summed E-state index contributed by atoms with van der Waals surface area (Å²) in [5.41, 5.74) is -0.438. The lowest BCUT2D eigenvalue weighted by molar-refractivity contribution is -0.170. The molecule has 2 aliphatic rings. The average Bonchev–Trinajstić information content (AvgIpc) is 2.89. The van der Waals surface area contributed by atoms with Crippen LogP contribution in [-0.4, -0.2) is 66.6 Å². The Kier molecular flexibility index (Phi) is 8.56. The van der Waals surface area contributed by atoms with Crippen molar-refractivity contribution in [2.45, 2.75) is 51.0 Å². The Morgan fingerprint density at radius 2 is 1.92 bits per heavy atom. The Balaban J connectivity index is 1.60. The van der Waals surface area contributed by atoms with Gasteiger partial charge in [-0.15, -0.1) is 0 Å². The number of halogens is 2. The summed E-state index contributed by atoms with van der Waals surface area (Å²) < 4.78 is 40.4. The Morgan fingerprint density at radius 1 is 1.08 bits per heavy atom. The molecule has 0 bridgehead atoms. The van der Waals surface area contributed by atoms with Crippen LogP contribution in [0.1, 0.15) is 54.9 Å². The smallest absolute Gasteiger partial charge is 0.257 e. The highest BCUT2D eigenvalue weighted by atomic mass is 19.1. The second-order valence-corrected chi connectivity index (χ2v) is 9.50. The number of benzene rings is 2. The van der Waals surface area contributed by atoms with Gasteiger partial charge in [-0.2, -0.15) is 0 Å². The van der Waals surface area contributed by atoms with Crippen molar-refractivity contribution < 1.29 is 27.8 Å². The molecule has 6 nitrogen and oxygen atoms in total. The molecule has 1 atom stereocenters. The molecule has 1 fully saturated rings. The van der Waals surface area contributed by atoms with Crippen molar-refractivity contribution in [3.63, 3.8) is 0 Å². The van der Waals surface area contributed by atoms with Crippen molar-refractivity contribution in [3.05, 3.63) is 65.2 Å². The largest absolute Gasteiger partial charge is 0.491 e. The molecule has 2 aromatic carbocycles. The zero-order valence-corrected chi connectivity index (χ0v) is 20.8. The van der Waals surface area contributed by atoms with E-state index in [-0.39, 0.29) is 31.2 Å². The van der Waals surface area contributed by atoms with Gasteiger partial charge in [-0.1, -0.05) is 31.5 Å². The van der Waals surface area contributed by atoms with Crippen LogP contribution >= 0.6 is 0 Å². The second-order valence-electron chi connectivity index (χ2n) is 9.50. The number of carbonyl (C=O) groups is 2. The van der Waals surface area contributed by atoms with Crippen molar-refractivity contribution in [3.8, 4) is 5.75 Å². The summed E-state index contributed by atoms with van der Waals surface area (Å²) in [7, 11) is 0. The number of nitrogens with zero attached hydrogens (tertiary/aromatic N) is 2. The quantitative estimate of drug-likeness (QED) is 0.615. The van der Waals surface area contributed by atoms with Crippen LogP contribution in [0.4, 0.5) is 8.78 Å². The van der Waals surface area contributed by atoms with E-state index in [0.717, 1.165) is 55.2 Å². The summed E-state index contributed by atoms with van der Waals surface area (Å²) in [6.45, 7) is 3.71. The van der Waals surface area contributed by atoms with Gasteiger partial charge in [0.2, 0.25) is 0 Å². The summed E-state index contributed by atoms with van der Waals surface area (Å²) in [6.07, 6.45) is 4.52. The monoisotopic (exact) mass is 500 g/mol. The summed E-state index contributed by atoms with van der Waals surface area (Å²) in [5.74, 6) is -1.43. The minimum Gasteiger partial charge on any atom is -0.491 e. The van der Waals surface area contributed by atoms with E-state index in [1.165, 1.54) is 4.90 Å². The molecule has 0 aromatic heterocycles. The van der Waals surface area contributed by atoms with Crippen LogP contribution in [0.3, 0.4) is 0 Å².